The largest absolute Gasteiger partial charge is 0.441 e. The van der Waals surface area contributed by atoms with Crippen LogP contribution in [0, 0.1) is 6.92 Å². The first-order valence-corrected chi connectivity index (χ1v) is 7.93. The van der Waals surface area contributed by atoms with Crippen molar-refractivity contribution in [3.05, 3.63) is 41.9 Å². The molecule has 0 saturated carbocycles. The number of nitrogens with one attached hydrogen (secondary N) is 1. The summed E-state index contributed by atoms with van der Waals surface area (Å²) >= 11 is 0. The highest BCUT2D eigenvalue weighted by molar-refractivity contribution is 5.76. The molecule has 0 atom stereocenters. The number of hydrogen-bond donors (Lipinski definition) is 1. The third kappa shape index (κ3) is 4.45. The van der Waals surface area contributed by atoms with Crippen molar-refractivity contribution in [2.75, 3.05) is 0 Å². The number of benzene rings is 1. The van der Waals surface area contributed by atoms with Gasteiger partial charge >= 0.3 is 0 Å². The molecule has 2 rings (SSSR count). The van der Waals surface area contributed by atoms with Gasteiger partial charge in [0.05, 0.1) is 6.20 Å². The Hall–Kier alpha value is -2.10. The van der Waals surface area contributed by atoms with E-state index in [1.165, 1.54) is 5.56 Å². The Morgan fingerprint density at radius 2 is 1.91 bits per heavy atom. The van der Waals surface area contributed by atoms with Crippen LogP contribution in [0.25, 0.3) is 11.3 Å². The van der Waals surface area contributed by atoms with E-state index in [0.29, 0.717) is 18.7 Å². The Bertz CT molecular complexity index is 598. The molecule has 22 heavy (non-hydrogen) atoms. The fourth-order valence-corrected chi connectivity index (χ4v) is 2.29. The molecule has 0 spiro atoms. The number of carbonyl (C=O) groups is 1. The van der Waals surface area contributed by atoms with Crippen molar-refractivity contribution in [1.29, 1.82) is 0 Å². The van der Waals surface area contributed by atoms with Crippen LogP contribution in [0.3, 0.4) is 0 Å². The Balaban J connectivity index is 1.89. The Kier molecular flexibility index (Phi) is 5.75. The number of aromatic nitrogens is 1. The molecular weight excluding hydrogens is 276 g/mol. The van der Waals surface area contributed by atoms with Gasteiger partial charge in [0.2, 0.25) is 5.91 Å². The zero-order chi connectivity index (χ0) is 15.9. The minimum absolute atomic E-state index is 0.0591. The van der Waals surface area contributed by atoms with Gasteiger partial charge < -0.3 is 9.73 Å². The molecule has 0 fully saturated rings. The van der Waals surface area contributed by atoms with Gasteiger partial charge in [0.25, 0.3) is 0 Å². The van der Waals surface area contributed by atoms with Gasteiger partial charge in [-0.2, -0.15) is 0 Å². The molecule has 1 aromatic carbocycles. The second-order valence-corrected chi connectivity index (χ2v) is 5.57. The maximum Gasteiger partial charge on any atom is 0.220 e. The maximum atomic E-state index is 11.9. The molecular formula is C18H24N2O2. The summed E-state index contributed by atoms with van der Waals surface area (Å²) in [5.74, 6) is 1.41. The highest BCUT2D eigenvalue weighted by Crippen LogP contribution is 2.21. The Labute approximate surface area is 131 Å². The van der Waals surface area contributed by atoms with Crippen molar-refractivity contribution in [2.24, 2.45) is 0 Å². The number of amides is 1. The molecule has 1 amide bonds. The summed E-state index contributed by atoms with van der Waals surface area (Å²) < 4.78 is 5.73. The van der Waals surface area contributed by atoms with E-state index < -0.39 is 0 Å². The fourth-order valence-electron chi connectivity index (χ4n) is 2.29. The van der Waals surface area contributed by atoms with Crippen molar-refractivity contribution in [3.8, 4) is 11.3 Å². The lowest BCUT2D eigenvalue weighted by atomic mass is 10.1. The predicted molar refractivity (Wildman–Crippen MR) is 87.5 cm³/mol. The van der Waals surface area contributed by atoms with Crippen LogP contribution in [0.5, 0.6) is 0 Å². The van der Waals surface area contributed by atoms with Crippen LogP contribution in [0.4, 0.5) is 0 Å². The Morgan fingerprint density at radius 1 is 1.23 bits per heavy atom. The molecule has 1 N–H and O–H groups in total. The SMILES string of the molecule is CCC(CC)NC(=O)CCc1ncc(-c2ccc(C)cc2)o1. The summed E-state index contributed by atoms with van der Waals surface area (Å²) in [6, 6.07) is 8.38. The van der Waals surface area contributed by atoms with Crippen LogP contribution in [-0.2, 0) is 11.2 Å². The van der Waals surface area contributed by atoms with Crippen LogP contribution in [0.1, 0.15) is 44.6 Å². The summed E-state index contributed by atoms with van der Waals surface area (Å²) in [6.45, 7) is 6.21. The van der Waals surface area contributed by atoms with Crippen molar-refractivity contribution >= 4 is 5.91 Å². The number of rotatable bonds is 7. The van der Waals surface area contributed by atoms with Gasteiger partial charge in [0, 0.05) is 24.4 Å². The number of carbonyl (C=O) groups excluding carboxylic acids is 1. The molecule has 0 saturated heterocycles. The van der Waals surface area contributed by atoms with E-state index in [1.807, 2.05) is 31.2 Å². The lowest BCUT2D eigenvalue weighted by Crippen LogP contribution is -2.33. The molecule has 0 aliphatic carbocycles. The number of oxazole rings is 1. The third-order valence-corrected chi connectivity index (χ3v) is 3.81. The molecule has 0 unspecified atom stereocenters. The van der Waals surface area contributed by atoms with Crippen molar-refractivity contribution in [2.45, 2.75) is 52.5 Å². The van der Waals surface area contributed by atoms with Crippen molar-refractivity contribution in [3.63, 3.8) is 0 Å². The molecule has 4 nitrogen and oxygen atoms in total. The third-order valence-electron chi connectivity index (χ3n) is 3.81. The highest BCUT2D eigenvalue weighted by Gasteiger charge is 2.11. The summed E-state index contributed by atoms with van der Waals surface area (Å²) in [7, 11) is 0. The van der Waals surface area contributed by atoms with Crippen LogP contribution >= 0.6 is 0 Å². The van der Waals surface area contributed by atoms with Gasteiger partial charge in [-0.15, -0.1) is 0 Å². The van der Waals surface area contributed by atoms with Gasteiger partial charge in [-0.1, -0.05) is 43.7 Å². The molecule has 0 aliphatic heterocycles. The zero-order valence-corrected chi connectivity index (χ0v) is 13.6. The van der Waals surface area contributed by atoms with Crippen LogP contribution < -0.4 is 5.32 Å². The molecule has 0 bridgehead atoms. The normalized spacial score (nSPS) is 10.9. The average molecular weight is 300 g/mol. The molecule has 2 aromatic rings. The monoisotopic (exact) mass is 300 g/mol. The van der Waals surface area contributed by atoms with E-state index in [4.69, 9.17) is 4.42 Å². The topological polar surface area (TPSA) is 55.1 Å². The molecule has 1 heterocycles. The lowest BCUT2D eigenvalue weighted by molar-refractivity contribution is -0.121. The Morgan fingerprint density at radius 3 is 2.55 bits per heavy atom. The molecule has 4 heteroatoms. The quantitative estimate of drug-likeness (QED) is 0.844. The van der Waals surface area contributed by atoms with E-state index in [1.54, 1.807) is 6.20 Å². The van der Waals surface area contributed by atoms with Crippen LogP contribution in [-0.4, -0.2) is 16.9 Å². The van der Waals surface area contributed by atoms with Gasteiger partial charge in [0.15, 0.2) is 11.7 Å². The van der Waals surface area contributed by atoms with Crippen LogP contribution in [0.15, 0.2) is 34.9 Å². The number of hydrogen-bond acceptors (Lipinski definition) is 3. The summed E-state index contributed by atoms with van der Waals surface area (Å²) in [4.78, 5) is 16.1. The first-order chi connectivity index (χ1) is 10.6. The predicted octanol–water partition coefficient (Wildman–Crippen LogP) is 3.89. The fraction of sp³-hybridized carbons (Fsp3) is 0.444. The first kappa shape index (κ1) is 16.3. The standard InChI is InChI=1S/C18H24N2O2/c1-4-15(5-2)20-17(21)10-11-18-19-12-16(22-18)14-8-6-13(3)7-9-14/h6-9,12,15H,4-5,10-11H2,1-3H3,(H,20,21). The van der Waals surface area contributed by atoms with Crippen LogP contribution in [0.2, 0.25) is 0 Å². The maximum absolute atomic E-state index is 11.9. The molecule has 1 aromatic heterocycles. The van der Waals surface area contributed by atoms with E-state index in [0.717, 1.165) is 24.2 Å². The first-order valence-electron chi connectivity index (χ1n) is 7.93. The van der Waals surface area contributed by atoms with E-state index in [9.17, 15) is 4.79 Å². The highest BCUT2D eigenvalue weighted by atomic mass is 16.4. The van der Waals surface area contributed by atoms with Crippen molar-refractivity contribution in [1.82, 2.24) is 10.3 Å². The second-order valence-electron chi connectivity index (χ2n) is 5.57. The molecule has 0 aliphatic rings. The van der Waals surface area contributed by atoms with Gasteiger partial charge in [0.1, 0.15) is 0 Å². The number of nitrogens with zero attached hydrogens (tertiary/aromatic N) is 1. The van der Waals surface area contributed by atoms with E-state index in [2.05, 4.69) is 24.1 Å². The van der Waals surface area contributed by atoms with E-state index >= 15 is 0 Å². The smallest absolute Gasteiger partial charge is 0.220 e. The minimum atomic E-state index is 0.0591. The number of aryl methyl sites for hydroxylation is 2. The second kappa shape index (κ2) is 7.78. The molecule has 118 valence electrons. The zero-order valence-electron chi connectivity index (χ0n) is 13.6. The molecule has 0 radical (unpaired) electrons. The summed E-state index contributed by atoms with van der Waals surface area (Å²) in [5, 5.41) is 3.02. The summed E-state index contributed by atoms with van der Waals surface area (Å²) in [5.41, 5.74) is 2.22. The average Bonchev–Trinajstić information content (AvgIpc) is 3.00. The summed E-state index contributed by atoms with van der Waals surface area (Å²) in [6.07, 6.45) is 4.57. The lowest BCUT2D eigenvalue weighted by Gasteiger charge is -2.13. The van der Waals surface area contributed by atoms with E-state index in [-0.39, 0.29) is 11.9 Å². The van der Waals surface area contributed by atoms with Crippen molar-refractivity contribution < 1.29 is 9.21 Å². The van der Waals surface area contributed by atoms with Gasteiger partial charge in [-0.25, -0.2) is 4.98 Å². The van der Waals surface area contributed by atoms with Gasteiger partial charge in [-0.05, 0) is 19.8 Å². The van der Waals surface area contributed by atoms with Gasteiger partial charge in [-0.3, -0.25) is 4.79 Å². The minimum Gasteiger partial charge on any atom is -0.441 e.